The van der Waals surface area contributed by atoms with Crippen LogP contribution in [0.15, 0.2) is 54.6 Å². The fourth-order valence-corrected chi connectivity index (χ4v) is 3.71. The summed E-state index contributed by atoms with van der Waals surface area (Å²) in [5.74, 6) is 1.42. The molecule has 3 rings (SSSR count). The van der Waals surface area contributed by atoms with Crippen LogP contribution in [0.5, 0.6) is 0 Å². The van der Waals surface area contributed by atoms with Crippen LogP contribution in [0.3, 0.4) is 0 Å². The smallest absolute Gasteiger partial charge is 0.223 e. The highest BCUT2D eigenvalue weighted by atomic mass is 16.1. The summed E-state index contributed by atoms with van der Waals surface area (Å²) in [5.41, 5.74) is 3.57. The van der Waals surface area contributed by atoms with Crippen molar-refractivity contribution in [2.24, 2.45) is 5.92 Å². The fraction of sp³-hybridized carbons (Fsp3) is 0.417. The third-order valence-corrected chi connectivity index (χ3v) is 5.43. The summed E-state index contributed by atoms with van der Waals surface area (Å²) in [6, 6.07) is 18.9. The number of para-hydroxylation sites is 2. The summed E-state index contributed by atoms with van der Waals surface area (Å²) in [4.78, 5) is 17.0. The van der Waals surface area contributed by atoms with Crippen LogP contribution in [-0.2, 0) is 24.2 Å². The first kappa shape index (κ1) is 20.1. The Labute approximate surface area is 168 Å². The molecular formula is C24H31N3O. The molecule has 0 aliphatic carbocycles. The lowest BCUT2D eigenvalue weighted by Crippen LogP contribution is -2.31. The molecule has 0 atom stereocenters. The number of nitrogens with one attached hydrogen (secondary N) is 1. The van der Waals surface area contributed by atoms with Gasteiger partial charge in [0.05, 0.1) is 11.0 Å². The number of rotatable bonds is 10. The molecule has 2 aromatic carbocycles. The Hall–Kier alpha value is -2.62. The van der Waals surface area contributed by atoms with Gasteiger partial charge in [-0.2, -0.15) is 0 Å². The summed E-state index contributed by atoms with van der Waals surface area (Å²) < 4.78 is 2.34. The molecule has 1 aromatic heterocycles. The number of carbonyl (C=O) groups excluding carboxylic acids is 1. The molecule has 0 aliphatic rings. The molecule has 1 amide bonds. The van der Waals surface area contributed by atoms with E-state index in [-0.39, 0.29) is 11.8 Å². The molecule has 28 heavy (non-hydrogen) atoms. The number of hydrogen-bond donors (Lipinski definition) is 1. The highest BCUT2D eigenvalue weighted by molar-refractivity contribution is 5.78. The molecule has 3 aromatic rings. The first-order chi connectivity index (χ1) is 13.7. The maximum absolute atomic E-state index is 12.2. The second kappa shape index (κ2) is 10.1. The van der Waals surface area contributed by atoms with E-state index < -0.39 is 0 Å². The minimum atomic E-state index is 0.135. The first-order valence-corrected chi connectivity index (χ1v) is 10.5. The Balaban J connectivity index is 1.64. The zero-order chi connectivity index (χ0) is 19.8. The van der Waals surface area contributed by atoms with Gasteiger partial charge in [0.1, 0.15) is 5.82 Å². The topological polar surface area (TPSA) is 46.9 Å². The lowest BCUT2D eigenvalue weighted by atomic mass is 10.0. The Morgan fingerprint density at radius 3 is 2.46 bits per heavy atom. The maximum Gasteiger partial charge on any atom is 0.223 e. The van der Waals surface area contributed by atoms with Crippen LogP contribution in [0.1, 0.15) is 44.5 Å². The number of amides is 1. The second-order valence-corrected chi connectivity index (χ2v) is 7.31. The van der Waals surface area contributed by atoms with Crippen LogP contribution in [0.25, 0.3) is 11.0 Å². The van der Waals surface area contributed by atoms with Gasteiger partial charge < -0.3 is 9.88 Å². The summed E-state index contributed by atoms with van der Waals surface area (Å²) in [7, 11) is 0. The Bertz CT molecular complexity index is 881. The van der Waals surface area contributed by atoms with Crippen molar-refractivity contribution in [1.82, 2.24) is 14.9 Å². The highest BCUT2D eigenvalue weighted by Crippen LogP contribution is 2.18. The van der Waals surface area contributed by atoms with E-state index >= 15 is 0 Å². The Kier molecular flexibility index (Phi) is 7.24. The monoisotopic (exact) mass is 377 g/mol. The van der Waals surface area contributed by atoms with Gasteiger partial charge in [-0.3, -0.25) is 4.79 Å². The normalized spacial score (nSPS) is 11.2. The lowest BCUT2D eigenvalue weighted by Gasteiger charge is -2.13. The van der Waals surface area contributed by atoms with Crippen molar-refractivity contribution >= 4 is 16.9 Å². The quantitative estimate of drug-likeness (QED) is 0.518. The standard InChI is InChI=1S/C24H31N3O/c1-3-20(4-2)24(28)25-17-10-15-23-26-21-13-8-9-14-22(21)27(23)18-16-19-11-6-5-7-12-19/h5-9,11-14,20H,3-4,10,15-18H2,1-2H3,(H,25,28). The predicted molar refractivity (Wildman–Crippen MR) is 115 cm³/mol. The molecule has 4 heteroatoms. The van der Waals surface area contributed by atoms with Crippen LogP contribution >= 0.6 is 0 Å². The van der Waals surface area contributed by atoms with E-state index in [4.69, 9.17) is 4.98 Å². The zero-order valence-corrected chi connectivity index (χ0v) is 17.0. The summed E-state index contributed by atoms with van der Waals surface area (Å²) >= 11 is 0. The summed E-state index contributed by atoms with van der Waals surface area (Å²) in [6.45, 7) is 5.77. The molecule has 4 nitrogen and oxygen atoms in total. The molecule has 0 unspecified atom stereocenters. The maximum atomic E-state index is 12.2. The minimum Gasteiger partial charge on any atom is -0.356 e. The number of imidazole rings is 1. The lowest BCUT2D eigenvalue weighted by molar-refractivity contribution is -0.125. The molecule has 0 saturated carbocycles. The van der Waals surface area contributed by atoms with Gasteiger partial charge in [0.15, 0.2) is 0 Å². The Morgan fingerprint density at radius 2 is 1.71 bits per heavy atom. The average Bonchev–Trinajstić information content (AvgIpc) is 3.08. The van der Waals surface area contributed by atoms with E-state index in [2.05, 4.69) is 72.3 Å². The van der Waals surface area contributed by atoms with E-state index in [0.29, 0.717) is 6.54 Å². The molecule has 0 bridgehead atoms. The van der Waals surface area contributed by atoms with Crippen LogP contribution in [-0.4, -0.2) is 22.0 Å². The third kappa shape index (κ3) is 5.00. The van der Waals surface area contributed by atoms with E-state index in [1.165, 1.54) is 11.1 Å². The summed E-state index contributed by atoms with van der Waals surface area (Å²) in [6.07, 6.45) is 4.56. The number of carbonyl (C=O) groups is 1. The number of hydrogen-bond acceptors (Lipinski definition) is 2. The van der Waals surface area contributed by atoms with E-state index in [9.17, 15) is 4.79 Å². The SMILES string of the molecule is CCC(CC)C(=O)NCCCc1nc2ccccc2n1CCc1ccccc1. The van der Waals surface area contributed by atoms with E-state index in [1.54, 1.807) is 0 Å². The van der Waals surface area contributed by atoms with Crippen molar-refractivity contribution in [1.29, 1.82) is 0 Å². The highest BCUT2D eigenvalue weighted by Gasteiger charge is 2.14. The van der Waals surface area contributed by atoms with E-state index in [0.717, 1.165) is 50.0 Å². The minimum absolute atomic E-state index is 0.135. The molecule has 0 spiro atoms. The molecule has 0 saturated heterocycles. The van der Waals surface area contributed by atoms with Crippen LogP contribution < -0.4 is 5.32 Å². The molecule has 0 radical (unpaired) electrons. The van der Waals surface area contributed by atoms with Gasteiger partial charge in [-0.1, -0.05) is 56.3 Å². The van der Waals surface area contributed by atoms with Crippen LogP contribution in [0.4, 0.5) is 0 Å². The van der Waals surface area contributed by atoms with E-state index in [1.807, 2.05) is 6.07 Å². The van der Waals surface area contributed by atoms with Crippen molar-refractivity contribution in [3.63, 3.8) is 0 Å². The summed E-state index contributed by atoms with van der Waals surface area (Å²) in [5, 5.41) is 3.09. The fourth-order valence-electron chi connectivity index (χ4n) is 3.71. The number of aryl methyl sites for hydroxylation is 3. The second-order valence-electron chi connectivity index (χ2n) is 7.31. The van der Waals surface area contributed by atoms with Crippen molar-refractivity contribution < 1.29 is 4.79 Å². The van der Waals surface area contributed by atoms with Crippen molar-refractivity contribution in [2.75, 3.05) is 6.54 Å². The van der Waals surface area contributed by atoms with Gasteiger partial charge >= 0.3 is 0 Å². The average molecular weight is 378 g/mol. The molecule has 148 valence electrons. The third-order valence-electron chi connectivity index (χ3n) is 5.43. The van der Waals surface area contributed by atoms with Gasteiger partial charge in [0.2, 0.25) is 5.91 Å². The first-order valence-electron chi connectivity index (χ1n) is 10.5. The van der Waals surface area contributed by atoms with Gasteiger partial charge in [-0.05, 0) is 43.4 Å². The van der Waals surface area contributed by atoms with Crippen molar-refractivity contribution in [2.45, 2.75) is 52.5 Å². The van der Waals surface area contributed by atoms with Gasteiger partial charge in [0, 0.05) is 25.4 Å². The number of fused-ring (bicyclic) bond motifs is 1. The molecular weight excluding hydrogens is 346 g/mol. The van der Waals surface area contributed by atoms with Crippen molar-refractivity contribution in [3.8, 4) is 0 Å². The van der Waals surface area contributed by atoms with Gasteiger partial charge in [-0.15, -0.1) is 0 Å². The molecule has 0 aliphatic heterocycles. The van der Waals surface area contributed by atoms with Crippen LogP contribution in [0, 0.1) is 5.92 Å². The largest absolute Gasteiger partial charge is 0.356 e. The number of aromatic nitrogens is 2. The molecule has 1 N–H and O–H groups in total. The van der Waals surface area contributed by atoms with Gasteiger partial charge in [-0.25, -0.2) is 4.98 Å². The Morgan fingerprint density at radius 1 is 1.00 bits per heavy atom. The molecule has 0 fully saturated rings. The molecule has 1 heterocycles. The predicted octanol–water partition coefficient (Wildman–Crippen LogP) is 4.76. The zero-order valence-electron chi connectivity index (χ0n) is 17.0. The van der Waals surface area contributed by atoms with Crippen LogP contribution in [0.2, 0.25) is 0 Å². The van der Waals surface area contributed by atoms with Crippen molar-refractivity contribution in [3.05, 3.63) is 66.0 Å². The number of nitrogens with zero attached hydrogens (tertiary/aromatic N) is 2. The van der Waals surface area contributed by atoms with Gasteiger partial charge in [0.25, 0.3) is 0 Å². The number of benzene rings is 2.